The number of carbonyl (C=O) groups excluding carboxylic acids is 1. The van der Waals surface area contributed by atoms with Gasteiger partial charge in [0.1, 0.15) is 12.4 Å². The minimum absolute atomic E-state index is 0.221. The highest BCUT2D eigenvalue weighted by molar-refractivity contribution is 7.83. The summed E-state index contributed by atoms with van der Waals surface area (Å²) in [6.07, 6.45) is 0.246. The van der Waals surface area contributed by atoms with Gasteiger partial charge in [0.25, 0.3) is 0 Å². The Bertz CT molecular complexity index is 161. The molecule has 0 heterocycles. The van der Waals surface area contributed by atoms with Crippen LogP contribution >= 0.6 is 7.72 Å². The maximum absolute atomic E-state index is 10.7. The van der Waals surface area contributed by atoms with Gasteiger partial charge in [0.15, 0.2) is 0 Å². The molecule has 0 aromatic heterocycles. The minimum atomic E-state index is -3.44. The van der Waals surface area contributed by atoms with Crippen molar-refractivity contribution in [3.8, 4) is 0 Å². The molecule has 0 atom stereocenters. The average Bonchev–Trinajstić information content (AvgIpc) is 1.83. The first-order chi connectivity index (χ1) is 4.39. The van der Waals surface area contributed by atoms with Gasteiger partial charge in [0.05, 0.1) is 0 Å². The summed E-state index contributed by atoms with van der Waals surface area (Å²) < 4.78 is 0. The standard InChI is InChI=1S/C5H11NO3P/c1-3-4(6)5(7)10(2,8)9/h6,8-9H,3H2,1-2H3/q+1. The molecule has 0 rings (SSSR count). The number of nitrogens with one attached hydrogen (secondary N) is 1. The van der Waals surface area contributed by atoms with E-state index in [-0.39, 0.29) is 12.1 Å². The van der Waals surface area contributed by atoms with E-state index in [1.807, 2.05) is 0 Å². The lowest BCUT2D eigenvalue weighted by molar-refractivity contribution is -0.107. The molecule has 0 aliphatic rings. The molecule has 58 valence electrons. The number of hydrogen-bond donors (Lipinski definition) is 3. The third-order valence-electron chi connectivity index (χ3n) is 0.996. The van der Waals surface area contributed by atoms with E-state index in [1.54, 1.807) is 6.92 Å². The van der Waals surface area contributed by atoms with Crippen LogP contribution in [0.2, 0.25) is 0 Å². The zero-order chi connectivity index (χ0) is 8.36. The molecule has 0 aromatic carbocycles. The predicted molar refractivity (Wildman–Crippen MR) is 40.3 cm³/mol. The van der Waals surface area contributed by atoms with Crippen molar-refractivity contribution >= 4 is 19.0 Å². The summed E-state index contributed by atoms with van der Waals surface area (Å²) >= 11 is 0. The molecule has 0 saturated carbocycles. The van der Waals surface area contributed by atoms with Gasteiger partial charge in [-0.1, -0.05) is 6.92 Å². The summed E-state index contributed by atoms with van der Waals surface area (Å²) in [5.41, 5.74) is -1.05. The van der Waals surface area contributed by atoms with Crippen LogP contribution in [0.3, 0.4) is 0 Å². The SMILES string of the molecule is CCC(=N)C(=O)[P+](C)(O)O. The Balaban J connectivity index is 4.24. The summed E-state index contributed by atoms with van der Waals surface area (Å²) in [5.74, 6) is 0. The van der Waals surface area contributed by atoms with Crippen LogP contribution in [0, 0.1) is 5.41 Å². The first kappa shape index (κ1) is 9.69. The van der Waals surface area contributed by atoms with Gasteiger partial charge in [0, 0.05) is 0 Å². The third-order valence-corrected chi connectivity index (χ3v) is 2.04. The fraction of sp³-hybridized carbons (Fsp3) is 0.600. The maximum Gasteiger partial charge on any atom is 0.369 e. The fourth-order valence-corrected chi connectivity index (χ4v) is 1.08. The van der Waals surface area contributed by atoms with Gasteiger partial charge in [-0.2, -0.15) is 0 Å². The van der Waals surface area contributed by atoms with Crippen molar-refractivity contribution in [2.24, 2.45) is 0 Å². The van der Waals surface area contributed by atoms with Gasteiger partial charge in [-0.05, 0) is 6.42 Å². The Hall–Kier alpha value is -0.310. The van der Waals surface area contributed by atoms with Crippen molar-refractivity contribution < 1.29 is 14.6 Å². The van der Waals surface area contributed by atoms with Crippen molar-refractivity contribution in [3.05, 3.63) is 0 Å². The molecule has 0 spiro atoms. The molecular formula is C5H11NO3P+. The summed E-state index contributed by atoms with van der Waals surface area (Å²) in [7, 11) is -3.44. The number of carbonyl (C=O) groups is 1. The smallest absolute Gasteiger partial charge is 0.298 e. The molecule has 3 N–H and O–H groups in total. The van der Waals surface area contributed by atoms with Gasteiger partial charge < -0.3 is 0 Å². The molecule has 5 heteroatoms. The molecule has 4 nitrogen and oxygen atoms in total. The largest absolute Gasteiger partial charge is 0.369 e. The molecule has 0 aliphatic carbocycles. The Morgan fingerprint density at radius 1 is 1.60 bits per heavy atom. The van der Waals surface area contributed by atoms with Crippen molar-refractivity contribution in [2.45, 2.75) is 13.3 Å². The van der Waals surface area contributed by atoms with E-state index in [0.717, 1.165) is 6.66 Å². The summed E-state index contributed by atoms with van der Waals surface area (Å²) in [4.78, 5) is 28.2. The van der Waals surface area contributed by atoms with E-state index in [1.165, 1.54) is 0 Å². The number of rotatable bonds is 3. The van der Waals surface area contributed by atoms with Crippen LogP contribution in [0.1, 0.15) is 13.3 Å². The third kappa shape index (κ3) is 2.52. The highest BCUT2D eigenvalue weighted by Gasteiger charge is 2.39. The van der Waals surface area contributed by atoms with Crippen molar-refractivity contribution in [1.29, 1.82) is 5.41 Å². The Kier molecular flexibility index (Phi) is 3.09. The fourth-order valence-electron chi connectivity index (χ4n) is 0.407. The van der Waals surface area contributed by atoms with Gasteiger partial charge in [0.2, 0.25) is 0 Å². The van der Waals surface area contributed by atoms with Gasteiger partial charge >= 0.3 is 13.2 Å². The van der Waals surface area contributed by atoms with Crippen LogP contribution in [-0.2, 0) is 4.79 Å². The van der Waals surface area contributed by atoms with E-state index >= 15 is 0 Å². The maximum atomic E-state index is 10.7. The molecule has 0 aliphatic heterocycles. The molecule has 0 aromatic rings. The zero-order valence-electron chi connectivity index (χ0n) is 5.96. The molecule has 0 saturated heterocycles. The Morgan fingerprint density at radius 2 is 2.00 bits per heavy atom. The van der Waals surface area contributed by atoms with Crippen molar-refractivity contribution in [3.63, 3.8) is 0 Å². The Labute approximate surface area is 59.9 Å². The highest BCUT2D eigenvalue weighted by Crippen LogP contribution is 2.46. The highest BCUT2D eigenvalue weighted by atomic mass is 31.2. The molecular weight excluding hydrogens is 153 g/mol. The molecule has 0 bridgehead atoms. The second kappa shape index (κ2) is 3.19. The van der Waals surface area contributed by atoms with Crippen LogP contribution in [0.25, 0.3) is 0 Å². The average molecular weight is 164 g/mol. The number of hydrogen-bond acceptors (Lipinski definition) is 4. The minimum Gasteiger partial charge on any atom is -0.298 e. The topological polar surface area (TPSA) is 81.4 Å². The van der Waals surface area contributed by atoms with Crippen LogP contribution < -0.4 is 0 Å². The quantitative estimate of drug-likeness (QED) is 0.417. The van der Waals surface area contributed by atoms with E-state index in [4.69, 9.17) is 15.2 Å². The summed E-state index contributed by atoms with van der Waals surface area (Å²) in [5, 5.41) is 6.96. The van der Waals surface area contributed by atoms with Gasteiger partial charge in [-0.3, -0.25) is 5.41 Å². The lowest BCUT2D eigenvalue weighted by Crippen LogP contribution is -2.14. The summed E-state index contributed by atoms with van der Waals surface area (Å²) in [6.45, 7) is 2.68. The summed E-state index contributed by atoms with van der Waals surface area (Å²) in [6, 6.07) is 0. The zero-order valence-corrected chi connectivity index (χ0v) is 6.85. The lowest BCUT2D eigenvalue weighted by atomic mass is 10.3. The van der Waals surface area contributed by atoms with E-state index < -0.39 is 13.2 Å². The lowest BCUT2D eigenvalue weighted by Gasteiger charge is -2.02. The molecule has 0 unspecified atom stereocenters. The second-order valence-electron chi connectivity index (χ2n) is 2.05. The molecule has 0 radical (unpaired) electrons. The predicted octanol–water partition coefficient (Wildman–Crippen LogP) is 0.405. The van der Waals surface area contributed by atoms with Crippen LogP contribution in [0.5, 0.6) is 0 Å². The van der Waals surface area contributed by atoms with Gasteiger partial charge in [-0.25, -0.2) is 14.6 Å². The van der Waals surface area contributed by atoms with E-state index in [9.17, 15) is 4.79 Å². The Morgan fingerprint density at radius 3 is 2.10 bits per heavy atom. The normalized spacial score (nSPS) is 11.2. The molecule has 0 amide bonds. The molecule has 0 fully saturated rings. The first-order valence-corrected chi connectivity index (χ1v) is 4.98. The van der Waals surface area contributed by atoms with E-state index in [0.29, 0.717) is 0 Å². The van der Waals surface area contributed by atoms with Crippen LogP contribution in [-0.4, -0.2) is 27.7 Å². The van der Waals surface area contributed by atoms with Gasteiger partial charge in [-0.15, -0.1) is 0 Å². The molecule has 10 heavy (non-hydrogen) atoms. The van der Waals surface area contributed by atoms with Crippen LogP contribution in [0.4, 0.5) is 0 Å². The van der Waals surface area contributed by atoms with E-state index in [2.05, 4.69) is 0 Å². The van der Waals surface area contributed by atoms with Crippen LogP contribution in [0.15, 0.2) is 0 Å². The van der Waals surface area contributed by atoms with Crippen molar-refractivity contribution in [1.82, 2.24) is 0 Å². The monoisotopic (exact) mass is 164 g/mol. The first-order valence-electron chi connectivity index (χ1n) is 2.84. The second-order valence-corrected chi connectivity index (χ2v) is 4.28. The van der Waals surface area contributed by atoms with Crippen molar-refractivity contribution in [2.75, 3.05) is 6.66 Å².